The van der Waals surface area contributed by atoms with Crippen LogP contribution >= 0.6 is 0 Å². The van der Waals surface area contributed by atoms with Crippen molar-refractivity contribution in [3.05, 3.63) is 23.2 Å². The summed E-state index contributed by atoms with van der Waals surface area (Å²) in [4.78, 5) is 31.5. The van der Waals surface area contributed by atoms with Crippen LogP contribution in [-0.2, 0) is 19.6 Å². The lowest BCUT2D eigenvalue weighted by molar-refractivity contribution is -0.221. The van der Waals surface area contributed by atoms with E-state index in [0.29, 0.717) is 18.7 Å². The van der Waals surface area contributed by atoms with Crippen LogP contribution in [0.25, 0.3) is 4.85 Å². The lowest BCUT2D eigenvalue weighted by Gasteiger charge is -2.72. The van der Waals surface area contributed by atoms with Crippen molar-refractivity contribution in [3.63, 3.8) is 0 Å². The Morgan fingerprint density at radius 3 is 2.21 bits per heavy atom. The molecule has 1 N–H and O–H groups in total. The molecule has 0 spiro atoms. The molecule has 0 heterocycles. The van der Waals surface area contributed by atoms with Gasteiger partial charge in [-0.05, 0) is 89.8 Å². The van der Waals surface area contributed by atoms with Crippen molar-refractivity contribution in [2.75, 3.05) is 12.8 Å². The third-order valence-corrected chi connectivity index (χ3v) is 14.0. The van der Waals surface area contributed by atoms with Gasteiger partial charge in [-0.2, -0.15) is 0 Å². The number of nitrogens with one attached hydrogen (secondary N) is 1. The highest BCUT2D eigenvalue weighted by molar-refractivity contribution is 7.88. The molecule has 5 aliphatic carbocycles. The molecule has 7 heteroatoms. The fraction of sp³-hybridized carbons (Fsp3) is 0.844. The lowest BCUT2D eigenvalue weighted by Crippen LogP contribution is -2.69. The molecule has 0 bridgehead atoms. The van der Waals surface area contributed by atoms with Crippen molar-refractivity contribution in [3.8, 4) is 0 Å². The summed E-state index contributed by atoms with van der Waals surface area (Å²) >= 11 is 0. The Balaban J connectivity index is 1.61. The molecule has 39 heavy (non-hydrogen) atoms. The van der Waals surface area contributed by atoms with Crippen molar-refractivity contribution >= 4 is 21.6 Å². The van der Waals surface area contributed by atoms with Crippen LogP contribution in [0.15, 0.2) is 11.8 Å². The lowest BCUT2D eigenvalue weighted by atomic mass is 9.31. The Morgan fingerprint density at radius 2 is 1.59 bits per heavy atom. The molecule has 0 aromatic carbocycles. The van der Waals surface area contributed by atoms with Gasteiger partial charge in [0.2, 0.25) is 15.7 Å². The van der Waals surface area contributed by atoms with E-state index in [1.165, 1.54) is 6.26 Å². The molecule has 4 fully saturated rings. The summed E-state index contributed by atoms with van der Waals surface area (Å²) in [5.74, 6) is 0.476. The first-order valence-corrected chi connectivity index (χ1v) is 16.8. The monoisotopic (exact) mass is 556 g/mol. The number of hydrogen-bond acceptors (Lipinski definition) is 4. The highest BCUT2D eigenvalue weighted by Gasteiger charge is 2.72. The van der Waals surface area contributed by atoms with Crippen molar-refractivity contribution in [1.82, 2.24) is 4.72 Å². The molecule has 8 atom stereocenters. The van der Waals surface area contributed by atoms with E-state index in [0.717, 1.165) is 44.9 Å². The van der Waals surface area contributed by atoms with Crippen molar-refractivity contribution in [2.45, 2.75) is 99.8 Å². The second-order valence-electron chi connectivity index (χ2n) is 16.1. The van der Waals surface area contributed by atoms with Crippen LogP contribution in [0, 0.1) is 62.7 Å². The molecule has 0 aromatic rings. The van der Waals surface area contributed by atoms with Crippen LogP contribution < -0.4 is 4.72 Å². The number of fused-ring (bicyclic) bond motifs is 7. The summed E-state index contributed by atoms with van der Waals surface area (Å²) in [6, 6.07) is 0. The predicted octanol–water partition coefficient (Wildman–Crippen LogP) is 6.19. The first-order chi connectivity index (χ1) is 17.8. The third kappa shape index (κ3) is 3.97. The Morgan fingerprint density at radius 1 is 0.949 bits per heavy atom. The molecular weight excluding hydrogens is 508 g/mol. The van der Waals surface area contributed by atoms with E-state index in [1.54, 1.807) is 0 Å². The largest absolute Gasteiger partial charge is 0.307 e. The van der Waals surface area contributed by atoms with Gasteiger partial charge in [-0.25, -0.2) is 18.0 Å². The maximum Gasteiger partial charge on any atom is 0.226 e. The summed E-state index contributed by atoms with van der Waals surface area (Å²) in [5.41, 5.74) is -1.20. The quantitative estimate of drug-likeness (QED) is 0.420. The topological polar surface area (TPSA) is 84.7 Å². The molecule has 4 saturated carbocycles. The molecule has 216 valence electrons. The first kappa shape index (κ1) is 29.0. The van der Waals surface area contributed by atoms with Gasteiger partial charge in [0.1, 0.15) is 5.78 Å². The summed E-state index contributed by atoms with van der Waals surface area (Å²) in [5, 5.41) is 0. The minimum atomic E-state index is -3.34. The molecule has 2 unspecified atom stereocenters. The molecule has 6 nitrogen and oxygen atoms in total. The van der Waals surface area contributed by atoms with Gasteiger partial charge in [0.15, 0.2) is 5.78 Å². The van der Waals surface area contributed by atoms with Crippen LogP contribution in [0.1, 0.15) is 99.8 Å². The van der Waals surface area contributed by atoms with Gasteiger partial charge in [0, 0.05) is 24.3 Å². The van der Waals surface area contributed by atoms with Crippen LogP contribution in [0.5, 0.6) is 0 Å². The number of rotatable bonds is 3. The molecule has 0 aromatic heterocycles. The number of Topliss-reactive ketones (excluding diaryl/α,β-unsaturated/α-hetero) is 2. The van der Waals surface area contributed by atoms with E-state index in [4.69, 9.17) is 6.57 Å². The second kappa shape index (κ2) is 8.51. The third-order valence-electron chi connectivity index (χ3n) is 13.3. The van der Waals surface area contributed by atoms with E-state index < -0.39 is 20.9 Å². The minimum absolute atomic E-state index is 0.0555. The first-order valence-electron chi connectivity index (χ1n) is 14.9. The van der Waals surface area contributed by atoms with E-state index in [2.05, 4.69) is 44.2 Å². The van der Waals surface area contributed by atoms with Gasteiger partial charge in [0.25, 0.3) is 0 Å². The highest BCUT2D eigenvalue weighted by atomic mass is 32.2. The zero-order valence-corrected chi connectivity index (χ0v) is 26.1. The van der Waals surface area contributed by atoms with Crippen molar-refractivity contribution in [2.24, 2.45) is 56.2 Å². The average molecular weight is 557 g/mol. The summed E-state index contributed by atoms with van der Waals surface area (Å²) < 4.78 is 27.2. The van der Waals surface area contributed by atoms with E-state index >= 15 is 0 Å². The fourth-order valence-electron chi connectivity index (χ4n) is 11.0. The van der Waals surface area contributed by atoms with Gasteiger partial charge in [-0.1, -0.05) is 54.5 Å². The van der Waals surface area contributed by atoms with E-state index in [-0.39, 0.29) is 56.8 Å². The highest BCUT2D eigenvalue weighted by Crippen LogP contribution is 2.75. The molecule has 0 radical (unpaired) electrons. The Kier molecular flexibility index (Phi) is 6.32. The number of ketones is 2. The maximum atomic E-state index is 14.5. The molecule has 0 aliphatic heterocycles. The van der Waals surface area contributed by atoms with Crippen LogP contribution in [-0.4, -0.2) is 32.8 Å². The number of allylic oxidation sites excluding steroid dienone is 2. The van der Waals surface area contributed by atoms with Gasteiger partial charge >= 0.3 is 0 Å². The number of nitrogens with zero attached hydrogens (tertiary/aromatic N) is 1. The zero-order valence-electron chi connectivity index (χ0n) is 25.2. The van der Waals surface area contributed by atoms with Gasteiger partial charge in [-0.3, -0.25) is 4.79 Å². The smallest absolute Gasteiger partial charge is 0.226 e. The van der Waals surface area contributed by atoms with Gasteiger partial charge < -0.3 is 4.79 Å². The predicted molar refractivity (Wildman–Crippen MR) is 153 cm³/mol. The van der Waals surface area contributed by atoms with Crippen LogP contribution in [0.4, 0.5) is 0 Å². The number of carbonyl (C=O) groups is 2. The van der Waals surface area contributed by atoms with Gasteiger partial charge in [0.05, 0.1) is 12.8 Å². The zero-order chi connectivity index (χ0) is 29.0. The van der Waals surface area contributed by atoms with Gasteiger partial charge in [-0.15, -0.1) is 0 Å². The molecular formula is C32H48N2O4S. The van der Waals surface area contributed by atoms with E-state index in [9.17, 15) is 18.0 Å². The van der Waals surface area contributed by atoms with Crippen molar-refractivity contribution < 1.29 is 18.0 Å². The van der Waals surface area contributed by atoms with E-state index in [1.807, 2.05) is 19.9 Å². The minimum Gasteiger partial charge on any atom is -0.307 e. The van der Waals surface area contributed by atoms with Crippen molar-refractivity contribution in [1.29, 1.82) is 0 Å². The Labute approximate surface area is 236 Å². The SMILES string of the molecule is [C-]#[N+]C1=C[C@@]2(C)C(CC[C@]3(C)C2CC(=O)[C@@H]2[C@@H]4CC(C)(C)CC[C@]4(CNS(C)(=O)=O)CC[C@]23C)C(C)(C)C1=O. The number of hydrogen-bond donors (Lipinski definition) is 1. The van der Waals surface area contributed by atoms with Crippen LogP contribution in [0.2, 0.25) is 0 Å². The summed E-state index contributed by atoms with van der Waals surface area (Å²) in [7, 11) is -3.34. The second-order valence-corrected chi connectivity index (χ2v) is 17.9. The summed E-state index contributed by atoms with van der Waals surface area (Å²) in [6.07, 6.45) is 10.3. The normalized spacial score (nSPS) is 46.6. The number of sulfonamides is 1. The Hall–Kier alpha value is -1.52. The standard InChI is InChI=1S/C32H48N2O4S/c1-27(2)12-14-32(19-34-39(9,37)38)15-13-31(7)25(20(32)17-27)22(35)16-24-29(5)18-21(33-8)26(36)28(3,4)23(29)10-11-30(24,31)6/h18,20,23-25,34H,10-17,19H2,1-7,9H3/t20-,23?,24?,25-,29-,30+,31+,32+/m0/s1. The summed E-state index contributed by atoms with van der Waals surface area (Å²) in [6.45, 7) is 23.8. The molecule has 5 rings (SSSR count). The average Bonchev–Trinajstić information content (AvgIpc) is 2.81. The molecule has 0 amide bonds. The molecule has 0 saturated heterocycles. The Bertz CT molecular complexity index is 1290. The fourth-order valence-corrected chi connectivity index (χ4v) is 11.5. The maximum absolute atomic E-state index is 14.5. The van der Waals surface area contributed by atoms with Crippen LogP contribution in [0.3, 0.4) is 0 Å². The molecule has 5 aliphatic rings. The number of carbonyl (C=O) groups excluding carboxylic acids is 2.